The minimum atomic E-state index is -0.165. The number of nitrogens with one attached hydrogen (secondary N) is 2. The Morgan fingerprint density at radius 3 is 2.84 bits per heavy atom. The smallest absolute Gasteiger partial charge is 0.251 e. The van der Waals surface area contributed by atoms with E-state index in [1.54, 1.807) is 31.4 Å². The summed E-state index contributed by atoms with van der Waals surface area (Å²) in [6.07, 6.45) is 1.66. The van der Waals surface area contributed by atoms with Gasteiger partial charge < -0.3 is 20.8 Å². The fraction of sp³-hybridized carbons (Fsp3) is 0.231. The minimum absolute atomic E-state index is 0.165. The van der Waals surface area contributed by atoms with Crippen molar-refractivity contribution in [3.63, 3.8) is 0 Å². The van der Waals surface area contributed by atoms with Gasteiger partial charge >= 0.3 is 0 Å². The fourth-order valence-corrected chi connectivity index (χ4v) is 1.66. The van der Waals surface area contributed by atoms with Crippen molar-refractivity contribution in [3.05, 3.63) is 41.6 Å². The first-order valence-corrected chi connectivity index (χ1v) is 5.87. The largest absolute Gasteiger partial charge is 0.444 e. The predicted octanol–water partition coefficient (Wildman–Crippen LogP) is 1.54. The zero-order valence-corrected chi connectivity index (χ0v) is 10.9. The summed E-state index contributed by atoms with van der Waals surface area (Å²) >= 11 is 0. The van der Waals surface area contributed by atoms with Crippen molar-refractivity contribution < 1.29 is 9.21 Å². The van der Waals surface area contributed by atoms with Gasteiger partial charge in [0.15, 0.2) is 0 Å². The van der Waals surface area contributed by atoms with Crippen molar-refractivity contribution in [2.45, 2.75) is 13.5 Å². The molecule has 100 valence electrons. The van der Waals surface area contributed by atoms with Gasteiger partial charge in [-0.1, -0.05) is 0 Å². The van der Waals surface area contributed by atoms with E-state index in [-0.39, 0.29) is 5.91 Å². The van der Waals surface area contributed by atoms with Gasteiger partial charge in [0, 0.05) is 12.6 Å². The van der Waals surface area contributed by atoms with Crippen LogP contribution < -0.4 is 16.4 Å². The lowest BCUT2D eigenvalue weighted by molar-refractivity contribution is 0.0963. The molecule has 0 fully saturated rings. The molecular weight excluding hydrogens is 244 g/mol. The van der Waals surface area contributed by atoms with Gasteiger partial charge in [-0.05, 0) is 25.1 Å². The summed E-state index contributed by atoms with van der Waals surface area (Å²) in [5.74, 6) is 1.19. The summed E-state index contributed by atoms with van der Waals surface area (Å²) in [6.45, 7) is 2.28. The van der Waals surface area contributed by atoms with Crippen LogP contribution in [-0.2, 0) is 6.54 Å². The van der Waals surface area contributed by atoms with Crippen molar-refractivity contribution >= 4 is 17.3 Å². The van der Waals surface area contributed by atoms with Gasteiger partial charge in [0.1, 0.15) is 5.76 Å². The molecule has 1 heterocycles. The number of rotatable bonds is 4. The molecule has 2 aromatic rings. The lowest BCUT2D eigenvalue weighted by Gasteiger charge is -2.09. The molecule has 0 saturated carbocycles. The minimum Gasteiger partial charge on any atom is -0.444 e. The first kappa shape index (κ1) is 12.9. The number of hydrogen-bond donors (Lipinski definition) is 3. The van der Waals surface area contributed by atoms with Crippen LogP contribution in [-0.4, -0.2) is 17.9 Å². The second kappa shape index (κ2) is 5.43. The van der Waals surface area contributed by atoms with E-state index in [9.17, 15) is 4.79 Å². The Bertz CT molecular complexity index is 592. The Morgan fingerprint density at radius 1 is 1.47 bits per heavy atom. The second-order valence-corrected chi connectivity index (χ2v) is 4.10. The Labute approximate surface area is 111 Å². The normalized spacial score (nSPS) is 10.2. The molecule has 19 heavy (non-hydrogen) atoms. The Hall–Kier alpha value is -2.50. The zero-order chi connectivity index (χ0) is 13.8. The van der Waals surface area contributed by atoms with Gasteiger partial charge in [0.05, 0.1) is 24.1 Å². The van der Waals surface area contributed by atoms with Crippen LogP contribution in [0, 0.1) is 6.92 Å². The van der Waals surface area contributed by atoms with Crippen molar-refractivity contribution in [3.8, 4) is 0 Å². The molecule has 0 aliphatic rings. The highest BCUT2D eigenvalue weighted by Gasteiger charge is 2.07. The van der Waals surface area contributed by atoms with Gasteiger partial charge in [-0.3, -0.25) is 4.79 Å². The number of nitrogens with zero attached hydrogens (tertiary/aromatic N) is 1. The fourth-order valence-electron chi connectivity index (χ4n) is 1.66. The number of carbonyl (C=O) groups is 1. The van der Waals surface area contributed by atoms with Gasteiger partial charge in [0.25, 0.3) is 5.91 Å². The molecule has 4 N–H and O–H groups in total. The van der Waals surface area contributed by atoms with E-state index < -0.39 is 0 Å². The summed E-state index contributed by atoms with van der Waals surface area (Å²) < 4.78 is 5.35. The highest BCUT2D eigenvalue weighted by molar-refractivity contribution is 5.95. The number of nitrogens with two attached hydrogens (primary N) is 1. The number of benzene rings is 1. The van der Waals surface area contributed by atoms with Gasteiger partial charge in [-0.15, -0.1) is 0 Å². The summed E-state index contributed by atoms with van der Waals surface area (Å²) in [5, 5.41) is 5.66. The highest BCUT2D eigenvalue weighted by atomic mass is 16.4. The molecule has 0 spiro atoms. The van der Waals surface area contributed by atoms with E-state index >= 15 is 0 Å². The van der Waals surface area contributed by atoms with Crippen molar-refractivity contribution in [1.82, 2.24) is 10.3 Å². The maximum atomic E-state index is 11.4. The number of oxazole rings is 1. The molecule has 6 nitrogen and oxygen atoms in total. The van der Waals surface area contributed by atoms with E-state index in [2.05, 4.69) is 15.6 Å². The van der Waals surface area contributed by atoms with Gasteiger partial charge in [-0.25, -0.2) is 4.98 Å². The van der Waals surface area contributed by atoms with E-state index in [1.807, 2.05) is 6.92 Å². The number of aromatic nitrogens is 1. The lowest BCUT2D eigenvalue weighted by Crippen LogP contribution is -2.18. The highest BCUT2D eigenvalue weighted by Crippen LogP contribution is 2.20. The van der Waals surface area contributed by atoms with E-state index in [0.29, 0.717) is 23.7 Å². The first-order chi connectivity index (χ1) is 9.10. The summed E-state index contributed by atoms with van der Waals surface area (Å²) in [5.41, 5.74) is 7.66. The average molecular weight is 260 g/mol. The van der Waals surface area contributed by atoms with Crippen LogP contribution in [0.3, 0.4) is 0 Å². The van der Waals surface area contributed by atoms with Gasteiger partial charge in [-0.2, -0.15) is 0 Å². The molecule has 0 bridgehead atoms. The number of hydrogen-bond acceptors (Lipinski definition) is 5. The summed E-state index contributed by atoms with van der Waals surface area (Å²) in [7, 11) is 1.58. The average Bonchev–Trinajstić information content (AvgIpc) is 2.82. The topological polar surface area (TPSA) is 93.2 Å². The molecule has 0 aliphatic carbocycles. The van der Waals surface area contributed by atoms with Crippen LogP contribution >= 0.6 is 0 Å². The van der Waals surface area contributed by atoms with Crippen LogP contribution in [0.15, 0.2) is 28.8 Å². The molecule has 1 amide bonds. The zero-order valence-electron chi connectivity index (χ0n) is 10.9. The van der Waals surface area contributed by atoms with Crippen LogP contribution in [0.1, 0.15) is 22.0 Å². The van der Waals surface area contributed by atoms with Crippen molar-refractivity contribution in [2.24, 2.45) is 0 Å². The summed E-state index contributed by atoms with van der Waals surface area (Å²) in [4.78, 5) is 15.5. The number of aryl methyl sites for hydroxylation is 1. The molecule has 0 saturated heterocycles. The Balaban J connectivity index is 2.07. The first-order valence-electron chi connectivity index (χ1n) is 5.87. The Morgan fingerprint density at radius 2 is 2.26 bits per heavy atom. The Kier molecular flexibility index (Phi) is 3.70. The molecule has 0 radical (unpaired) electrons. The van der Waals surface area contributed by atoms with Gasteiger partial charge in [0.2, 0.25) is 5.89 Å². The third kappa shape index (κ3) is 3.04. The molecule has 1 aromatic carbocycles. The second-order valence-electron chi connectivity index (χ2n) is 4.10. The van der Waals surface area contributed by atoms with Crippen molar-refractivity contribution in [1.29, 1.82) is 0 Å². The molecule has 1 aromatic heterocycles. The number of amides is 1. The molecule has 0 unspecified atom stereocenters. The molecular formula is C13H16N4O2. The van der Waals surface area contributed by atoms with Crippen LogP contribution in [0.5, 0.6) is 0 Å². The third-order valence-corrected chi connectivity index (χ3v) is 2.64. The van der Waals surface area contributed by atoms with E-state index in [4.69, 9.17) is 10.2 Å². The lowest BCUT2D eigenvalue weighted by atomic mass is 10.1. The molecule has 0 aliphatic heterocycles. The van der Waals surface area contributed by atoms with E-state index in [1.165, 1.54) is 0 Å². The monoisotopic (exact) mass is 260 g/mol. The van der Waals surface area contributed by atoms with Crippen molar-refractivity contribution in [2.75, 3.05) is 18.1 Å². The number of anilines is 2. The standard InChI is InChI=1S/C13H16N4O2/c1-8-6-17-12(19-8)7-16-11-4-3-9(5-10(11)14)13(18)15-2/h3-6,16H,7,14H2,1-2H3,(H,15,18). The van der Waals surface area contributed by atoms with E-state index in [0.717, 1.165) is 11.4 Å². The molecule has 0 atom stereocenters. The van der Waals surface area contributed by atoms with Crippen LogP contribution in [0.2, 0.25) is 0 Å². The summed E-state index contributed by atoms with van der Waals surface area (Å²) in [6, 6.07) is 5.09. The number of nitrogen functional groups attached to an aromatic ring is 1. The molecule has 2 rings (SSSR count). The number of carbonyl (C=O) groups excluding carboxylic acids is 1. The SMILES string of the molecule is CNC(=O)c1ccc(NCc2ncc(C)o2)c(N)c1. The van der Waals surface area contributed by atoms with Crippen LogP contribution in [0.25, 0.3) is 0 Å². The molecule has 6 heteroatoms. The third-order valence-electron chi connectivity index (χ3n) is 2.64. The predicted molar refractivity (Wildman–Crippen MR) is 72.8 cm³/mol. The quantitative estimate of drug-likeness (QED) is 0.725. The van der Waals surface area contributed by atoms with Crippen LogP contribution in [0.4, 0.5) is 11.4 Å². The maximum absolute atomic E-state index is 11.4. The maximum Gasteiger partial charge on any atom is 0.251 e.